The molecule has 4 heteroatoms. The predicted octanol–water partition coefficient (Wildman–Crippen LogP) is 3.92. The topological polar surface area (TPSA) is 9.23 Å². The fourth-order valence-corrected chi connectivity index (χ4v) is 3.70. The van der Waals surface area contributed by atoms with Crippen molar-refractivity contribution in [3.05, 3.63) is 18.2 Å². The molecule has 14 heavy (non-hydrogen) atoms. The van der Waals surface area contributed by atoms with Gasteiger partial charge < -0.3 is 4.74 Å². The van der Waals surface area contributed by atoms with Gasteiger partial charge in [0.1, 0.15) is 5.75 Å². The number of rotatable bonds is 2. The summed E-state index contributed by atoms with van der Waals surface area (Å²) in [4.78, 5) is 1.07. The molecule has 1 heterocycles. The van der Waals surface area contributed by atoms with Crippen LogP contribution in [0.4, 0.5) is 0 Å². The molecule has 0 aliphatic heterocycles. The highest BCUT2D eigenvalue weighted by Crippen LogP contribution is 2.40. The number of thiol groups is 1. The van der Waals surface area contributed by atoms with Gasteiger partial charge in [-0.25, -0.2) is 0 Å². The standard InChI is InChI=1S/C10H10OS3/c1-11-6-3-4-8-7(5-6)9(12)10(13-2)14-8/h3-5,12H,1-2H3. The Kier molecular flexibility index (Phi) is 2.95. The highest BCUT2D eigenvalue weighted by atomic mass is 32.2. The SMILES string of the molecule is COc1ccc2sc(SC)c(S)c2c1. The number of thiophene rings is 1. The number of fused-ring (bicyclic) bond motifs is 1. The maximum absolute atomic E-state index is 5.18. The van der Waals surface area contributed by atoms with Gasteiger partial charge in [-0.1, -0.05) is 0 Å². The highest BCUT2D eigenvalue weighted by molar-refractivity contribution is 8.01. The minimum Gasteiger partial charge on any atom is -0.497 e. The molecule has 0 saturated carbocycles. The van der Waals surface area contributed by atoms with Gasteiger partial charge in [0.25, 0.3) is 0 Å². The van der Waals surface area contributed by atoms with Gasteiger partial charge >= 0.3 is 0 Å². The summed E-state index contributed by atoms with van der Waals surface area (Å²) in [6, 6.07) is 6.10. The number of methoxy groups -OCH3 is 1. The summed E-state index contributed by atoms with van der Waals surface area (Å²) in [7, 11) is 1.68. The van der Waals surface area contributed by atoms with E-state index in [1.807, 2.05) is 12.1 Å². The molecule has 0 aliphatic carbocycles. The van der Waals surface area contributed by atoms with Gasteiger partial charge in [0.2, 0.25) is 0 Å². The number of thioether (sulfide) groups is 1. The zero-order chi connectivity index (χ0) is 10.1. The van der Waals surface area contributed by atoms with Crippen LogP contribution < -0.4 is 4.74 Å². The lowest BCUT2D eigenvalue weighted by Crippen LogP contribution is -1.80. The van der Waals surface area contributed by atoms with Crippen LogP contribution in [-0.4, -0.2) is 13.4 Å². The molecule has 0 spiro atoms. The highest BCUT2D eigenvalue weighted by Gasteiger charge is 2.08. The van der Waals surface area contributed by atoms with Crippen molar-refractivity contribution in [2.45, 2.75) is 9.10 Å². The zero-order valence-electron chi connectivity index (χ0n) is 7.90. The molecular formula is C10H10OS3. The lowest BCUT2D eigenvalue weighted by Gasteiger charge is -1.98. The van der Waals surface area contributed by atoms with Crippen LogP contribution in [0.3, 0.4) is 0 Å². The molecule has 0 fully saturated rings. The van der Waals surface area contributed by atoms with Crippen molar-refractivity contribution in [3.63, 3.8) is 0 Å². The summed E-state index contributed by atoms with van der Waals surface area (Å²) in [5.74, 6) is 0.887. The Bertz CT molecular complexity index is 462. The molecule has 2 aromatic rings. The summed E-state index contributed by atoms with van der Waals surface area (Å²) < 4.78 is 7.71. The second-order valence-corrected chi connectivity index (χ2v) is 5.38. The molecule has 1 aromatic heterocycles. The van der Waals surface area contributed by atoms with E-state index < -0.39 is 0 Å². The van der Waals surface area contributed by atoms with E-state index in [1.54, 1.807) is 30.2 Å². The third-order valence-electron chi connectivity index (χ3n) is 2.02. The Morgan fingerprint density at radius 1 is 1.43 bits per heavy atom. The third kappa shape index (κ3) is 1.62. The number of hydrogen-bond acceptors (Lipinski definition) is 4. The maximum atomic E-state index is 5.18. The van der Waals surface area contributed by atoms with Crippen LogP contribution in [0, 0.1) is 0 Å². The van der Waals surface area contributed by atoms with E-state index >= 15 is 0 Å². The van der Waals surface area contributed by atoms with E-state index in [2.05, 4.69) is 25.0 Å². The molecule has 0 bridgehead atoms. The second kappa shape index (κ2) is 4.04. The average molecular weight is 242 g/mol. The molecular weight excluding hydrogens is 232 g/mol. The smallest absolute Gasteiger partial charge is 0.119 e. The number of ether oxygens (including phenoxy) is 1. The first-order valence-corrected chi connectivity index (χ1v) is 6.58. The predicted molar refractivity (Wildman–Crippen MR) is 67.4 cm³/mol. The molecule has 2 rings (SSSR count). The van der Waals surface area contributed by atoms with E-state index in [-0.39, 0.29) is 0 Å². The summed E-state index contributed by atoms with van der Waals surface area (Å²) in [6.45, 7) is 0. The molecule has 1 aromatic carbocycles. The lowest BCUT2D eigenvalue weighted by atomic mass is 10.2. The van der Waals surface area contributed by atoms with Crippen LogP contribution in [0.2, 0.25) is 0 Å². The van der Waals surface area contributed by atoms with Crippen molar-refractivity contribution in [2.24, 2.45) is 0 Å². The summed E-state index contributed by atoms with van der Waals surface area (Å²) in [6.07, 6.45) is 2.07. The van der Waals surface area contributed by atoms with Gasteiger partial charge in [0.05, 0.1) is 11.3 Å². The molecule has 0 amide bonds. The minimum absolute atomic E-state index is 0.887. The van der Waals surface area contributed by atoms with Crippen molar-refractivity contribution in [3.8, 4) is 5.75 Å². The second-order valence-electron chi connectivity index (χ2n) is 2.80. The maximum Gasteiger partial charge on any atom is 0.119 e. The largest absolute Gasteiger partial charge is 0.497 e. The van der Waals surface area contributed by atoms with Crippen molar-refractivity contribution < 1.29 is 4.74 Å². The zero-order valence-corrected chi connectivity index (χ0v) is 10.4. The van der Waals surface area contributed by atoms with E-state index in [4.69, 9.17) is 4.74 Å². The van der Waals surface area contributed by atoms with Gasteiger partial charge in [-0.3, -0.25) is 0 Å². The quantitative estimate of drug-likeness (QED) is 0.631. The third-order valence-corrected chi connectivity index (χ3v) is 5.08. The number of benzene rings is 1. The molecule has 0 atom stereocenters. The monoisotopic (exact) mass is 242 g/mol. The van der Waals surface area contributed by atoms with Gasteiger partial charge in [0.15, 0.2) is 0 Å². The van der Waals surface area contributed by atoms with Crippen LogP contribution >= 0.6 is 35.7 Å². The van der Waals surface area contributed by atoms with E-state index in [9.17, 15) is 0 Å². The minimum atomic E-state index is 0.887. The van der Waals surface area contributed by atoms with Crippen LogP contribution in [0.1, 0.15) is 0 Å². The van der Waals surface area contributed by atoms with E-state index in [1.165, 1.54) is 14.3 Å². The summed E-state index contributed by atoms with van der Waals surface area (Å²) in [5, 5.41) is 1.18. The molecule has 0 aliphatic rings. The van der Waals surface area contributed by atoms with Crippen LogP contribution in [0.15, 0.2) is 27.3 Å². The first-order valence-electron chi connectivity index (χ1n) is 4.09. The van der Waals surface area contributed by atoms with Crippen molar-refractivity contribution in [1.29, 1.82) is 0 Å². The van der Waals surface area contributed by atoms with Crippen molar-refractivity contribution in [2.75, 3.05) is 13.4 Å². The van der Waals surface area contributed by atoms with Gasteiger partial charge in [-0.05, 0) is 24.5 Å². The molecule has 1 nitrogen and oxygen atoms in total. The van der Waals surface area contributed by atoms with Gasteiger partial charge in [-0.2, -0.15) is 0 Å². The normalized spacial score (nSPS) is 10.8. The van der Waals surface area contributed by atoms with E-state index in [0.29, 0.717) is 0 Å². The Morgan fingerprint density at radius 2 is 2.21 bits per heavy atom. The van der Waals surface area contributed by atoms with Crippen molar-refractivity contribution >= 4 is 45.8 Å². The first-order chi connectivity index (χ1) is 6.76. The van der Waals surface area contributed by atoms with Crippen molar-refractivity contribution in [1.82, 2.24) is 0 Å². The van der Waals surface area contributed by atoms with Crippen LogP contribution in [0.5, 0.6) is 5.75 Å². The van der Waals surface area contributed by atoms with Gasteiger partial charge in [0, 0.05) is 15.0 Å². The van der Waals surface area contributed by atoms with Gasteiger partial charge in [-0.15, -0.1) is 35.7 Å². The molecule has 0 N–H and O–H groups in total. The lowest BCUT2D eigenvalue weighted by molar-refractivity contribution is 0.415. The average Bonchev–Trinajstić information content (AvgIpc) is 2.55. The summed E-state index contributed by atoms with van der Waals surface area (Å²) in [5.41, 5.74) is 0. The number of hydrogen-bond donors (Lipinski definition) is 1. The fourth-order valence-electron chi connectivity index (χ4n) is 1.31. The van der Waals surface area contributed by atoms with Crippen LogP contribution in [-0.2, 0) is 0 Å². The Hall–Kier alpha value is -0.320. The van der Waals surface area contributed by atoms with Crippen LogP contribution in [0.25, 0.3) is 10.1 Å². The molecule has 0 saturated heterocycles. The Balaban J connectivity index is 2.68. The molecule has 0 unspecified atom stereocenters. The fraction of sp³-hybridized carbons (Fsp3) is 0.200. The molecule has 74 valence electrons. The Morgan fingerprint density at radius 3 is 2.86 bits per heavy atom. The summed E-state index contributed by atoms with van der Waals surface area (Å²) >= 11 is 8.03. The molecule has 0 radical (unpaired) electrons. The van der Waals surface area contributed by atoms with E-state index in [0.717, 1.165) is 10.6 Å². The Labute approximate surface area is 96.9 Å². The first kappa shape index (κ1) is 10.2.